The van der Waals surface area contributed by atoms with Gasteiger partial charge in [-0.15, -0.1) is 0 Å². The Kier molecular flexibility index (Phi) is 9.42. The number of hydrogen-bond acceptors (Lipinski definition) is 2. The van der Waals surface area contributed by atoms with Gasteiger partial charge < -0.3 is 11.1 Å². The van der Waals surface area contributed by atoms with E-state index in [1.807, 2.05) is 0 Å². The van der Waals surface area contributed by atoms with Crippen molar-refractivity contribution in [3.63, 3.8) is 0 Å². The van der Waals surface area contributed by atoms with Crippen molar-refractivity contribution in [1.29, 1.82) is 0 Å². The second-order valence-corrected chi connectivity index (χ2v) is 4.39. The van der Waals surface area contributed by atoms with Crippen molar-refractivity contribution in [3.05, 3.63) is 0 Å². The Bertz CT molecular complexity index is 113. The molecule has 2 unspecified atom stereocenters. The lowest BCUT2D eigenvalue weighted by molar-refractivity contribution is 0.415. The maximum absolute atomic E-state index is 5.68. The van der Waals surface area contributed by atoms with Crippen molar-refractivity contribution in [2.75, 3.05) is 13.1 Å². The standard InChI is InChI=1S/C12H28N2/c1-4-6-7-12(5-2)10-14-9-8-11(3)13/h11-12,14H,4-10,13H2,1-3H3. The zero-order chi connectivity index (χ0) is 10.8. The Morgan fingerprint density at radius 1 is 1.21 bits per heavy atom. The Balaban J connectivity index is 3.33. The lowest BCUT2D eigenvalue weighted by Crippen LogP contribution is -2.28. The van der Waals surface area contributed by atoms with Gasteiger partial charge in [0.1, 0.15) is 0 Å². The Morgan fingerprint density at radius 2 is 1.93 bits per heavy atom. The summed E-state index contributed by atoms with van der Waals surface area (Å²) in [5, 5.41) is 3.50. The van der Waals surface area contributed by atoms with Crippen molar-refractivity contribution in [3.8, 4) is 0 Å². The van der Waals surface area contributed by atoms with Crippen molar-refractivity contribution < 1.29 is 0 Å². The molecule has 2 atom stereocenters. The molecule has 0 bridgehead atoms. The second-order valence-electron chi connectivity index (χ2n) is 4.39. The normalized spacial score (nSPS) is 15.4. The first kappa shape index (κ1) is 13.9. The molecule has 2 heteroatoms. The molecule has 0 aliphatic carbocycles. The quantitative estimate of drug-likeness (QED) is 0.561. The Labute approximate surface area is 89.6 Å². The molecule has 0 aliphatic heterocycles. The highest BCUT2D eigenvalue weighted by atomic mass is 14.9. The average Bonchev–Trinajstić information content (AvgIpc) is 2.16. The fourth-order valence-electron chi connectivity index (χ4n) is 1.58. The number of hydrogen-bond donors (Lipinski definition) is 2. The largest absolute Gasteiger partial charge is 0.328 e. The zero-order valence-electron chi connectivity index (χ0n) is 10.2. The van der Waals surface area contributed by atoms with Gasteiger partial charge in [-0.05, 0) is 38.8 Å². The van der Waals surface area contributed by atoms with Crippen LogP contribution in [-0.4, -0.2) is 19.1 Å². The molecule has 0 amide bonds. The van der Waals surface area contributed by atoms with Crippen LogP contribution < -0.4 is 11.1 Å². The van der Waals surface area contributed by atoms with Crippen molar-refractivity contribution >= 4 is 0 Å². The van der Waals surface area contributed by atoms with Gasteiger partial charge in [0, 0.05) is 6.04 Å². The number of nitrogens with two attached hydrogens (primary N) is 1. The van der Waals surface area contributed by atoms with E-state index in [9.17, 15) is 0 Å². The van der Waals surface area contributed by atoms with E-state index in [0.29, 0.717) is 6.04 Å². The summed E-state index contributed by atoms with van der Waals surface area (Å²) in [6, 6.07) is 0.332. The minimum absolute atomic E-state index is 0.332. The minimum Gasteiger partial charge on any atom is -0.328 e. The maximum atomic E-state index is 5.68. The van der Waals surface area contributed by atoms with E-state index in [4.69, 9.17) is 5.73 Å². The lowest BCUT2D eigenvalue weighted by Gasteiger charge is -2.15. The average molecular weight is 200 g/mol. The zero-order valence-corrected chi connectivity index (χ0v) is 10.2. The minimum atomic E-state index is 0.332. The summed E-state index contributed by atoms with van der Waals surface area (Å²) < 4.78 is 0. The smallest absolute Gasteiger partial charge is 0.00225 e. The summed E-state index contributed by atoms with van der Waals surface area (Å²) in [7, 11) is 0. The van der Waals surface area contributed by atoms with Gasteiger partial charge in [0.15, 0.2) is 0 Å². The fourth-order valence-corrected chi connectivity index (χ4v) is 1.58. The van der Waals surface area contributed by atoms with Gasteiger partial charge in [0.05, 0.1) is 0 Å². The second kappa shape index (κ2) is 9.47. The SMILES string of the molecule is CCCCC(CC)CNCCC(C)N. The van der Waals surface area contributed by atoms with E-state index in [1.54, 1.807) is 0 Å². The van der Waals surface area contributed by atoms with Gasteiger partial charge in [0.25, 0.3) is 0 Å². The molecule has 0 heterocycles. The predicted molar refractivity (Wildman–Crippen MR) is 64.4 cm³/mol. The van der Waals surface area contributed by atoms with E-state index in [2.05, 4.69) is 26.1 Å². The molecule has 0 spiro atoms. The summed E-state index contributed by atoms with van der Waals surface area (Å²) in [4.78, 5) is 0. The monoisotopic (exact) mass is 200 g/mol. The van der Waals surface area contributed by atoms with Crippen LogP contribution in [0, 0.1) is 5.92 Å². The van der Waals surface area contributed by atoms with Crippen LogP contribution in [0.5, 0.6) is 0 Å². The summed E-state index contributed by atoms with van der Waals surface area (Å²) in [6.45, 7) is 8.85. The van der Waals surface area contributed by atoms with Gasteiger partial charge in [-0.3, -0.25) is 0 Å². The Hall–Kier alpha value is -0.0800. The Morgan fingerprint density at radius 3 is 2.43 bits per heavy atom. The molecule has 0 aromatic rings. The third-order valence-electron chi connectivity index (χ3n) is 2.75. The molecular formula is C12H28N2. The summed E-state index contributed by atoms with van der Waals surface area (Å²) in [5.74, 6) is 0.864. The van der Waals surface area contributed by atoms with Gasteiger partial charge in [-0.2, -0.15) is 0 Å². The summed E-state index contributed by atoms with van der Waals surface area (Å²) in [5.41, 5.74) is 5.68. The topological polar surface area (TPSA) is 38.0 Å². The molecule has 0 aliphatic rings. The third kappa shape index (κ3) is 8.52. The molecule has 86 valence electrons. The van der Waals surface area contributed by atoms with Gasteiger partial charge in [0.2, 0.25) is 0 Å². The molecule has 0 saturated carbocycles. The van der Waals surface area contributed by atoms with E-state index in [0.717, 1.165) is 18.9 Å². The maximum Gasteiger partial charge on any atom is 0.00225 e. The van der Waals surface area contributed by atoms with E-state index in [1.165, 1.54) is 32.2 Å². The van der Waals surface area contributed by atoms with Crippen molar-refractivity contribution in [2.24, 2.45) is 11.7 Å². The lowest BCUT2D eigenvalue weighted by atomic mass is 9.99. The predicted octanol–water partition coefficient (Wildman–Crippen LogP) is 2.53. The third-order valence-corrected chi connectivity index (χ3v) is 2.75. The molecule has 2 nitrogen and oxygen atoms in total. The van der Waals surface area contributed by atoms with Crippen LogP contribution >= 0.6 is 0 Å². The number of nitrogens with one attached hydrogen (secondary N) is 1. The molecule has 3 N–H and O–H groups in total. The highest BCUT2D eigenvalue weighted by Gasteiger charge is 2.04. The van der Waals surface area contributed by atoms with Crippen LogP contribution in [-0.2, 0) is 0 Å². The summed E-state index contributed by atoms with van der Waals surface area (Å²) in [6.07, 6.45) is 6.44. The molecule has 0 radical (unpaired) electrons. The van der Waals surface area contributed by atoms with Crippen molar-refractivity contribution in [2.45, 2.75) is 58.9 Å². The fraction of sp³-hybridized carbons (Fsp3) is 1.00. The van der Waals surface area contributed by atoms with Crippen LogP contribution in [0.15, 0.2) is 0 Å². The molecule has 0 fully saturated rings. The van der Waals surface area contributed by atoms with Gasteiger partial charge in [-0.25, -0.2) is 0 Å². The van der Waals surface area contributed by atoms with Crippen LogP contribution in [0.3, 0.4) is 0 Å². The van der Waals surface area contributed by atoms with Gasteiger partial charge in [-0.1, -0.05) is 33.1 Å². The first-order chi connectivity index (χ1) is 6.70. The van der Waals surface area contributed by atoms with E-state index >= 15 is 0 Å². The number of rotatable bonds is 9. The molecule has 0 aromatic heterocycles. The molecular weight excluding hydrogens is 172 g/mol. The van der Waals surface area contributed by atoms with Crippen molar-refractivity contribution in [1.82, 2.24) is 5.32 Å². The first-order valence-corrected chi connectivity index (χ1v) is 6.16. The summed E-state index contributed by atoms with van der Waals surface area (Å²) >= 11 is 0. The highest BCUT2D eigenvalue weighted by molar-refractivity contribution is 4.62. The van der Waals surface area contributed by atoms with Gasteiger partial charge >= 0.3 is 0 Å². The van der Waals surface area contributed by atoms with Crippen LogP contribution in [0.4, 0.5) is 0 Å². The first-order valence-electron chi connectivity index (χ1n) is 6.16. The number of unbranched alkanes of at least 4 members (excludes halogenated alkanes) is 1. The van der Waals surface area contributed by atoms with Crippen LogP contribution in [0.25, 0.3) is 0 Å². The molecule has 0 saturated heterocycles. The molecule has 0 rings (SSSR count). The molecule has 14 heavy (non-hydrogen) atoms. The highest BCUT2D eigenvalue weighted by Crippen LogP contribution is 2.10. The van der Waals surface area contributed by atoms with Crippen LogP contribution in [0.2, 0.25) is 0 Å². The van der Waals surface area contributed by atoms with Crippen LogP contribution in [0.1, 0.15) is 52.9 Å². The molecule has 0 aromatic carbocycles. The van der Waals surface area contributed by atoms with E-state index in [-0.39, 0.29) is 0 Å². The van der Waals surface area contributed by atoms with E-state index < -0.39 is 0 Å².